The van der Waals surface area contributed by atoms with Crippen LogP contribution in [0.3, 0.4) is 0 Å². The van der Waals surface area contributed by atoms with E-state index < -0.39 is 65.2 Å². The molecule has 1 aromatic carbocycles. The SMILES string of the molecule is CC(=O)O[C@H]1[C@H]([C@H](COC(=O)c2ccccc2)OS(C)(=O)=O)O[C@@H]2OC(C)(C)O[C@@H]21. The molecule has 0 radical (unpaired) electrons. The number of carbonyl (C=O) groups is 2. The van der Waals surface area contributed by atoms with Crippen molar-refractivity contribution in [3.63, 3.8) is 0 Å². The predicted octanol–water partition coefficient (Wildman–Crippen LogP) is 0.996. The summed E-state index contributed by atoms with van der Waals surface area (Å²) in [7, 11) is -3.97. The minimum absolute atomic E-state index is 0.282. The molecule has 30 heavy (non-hydrogen) atoms. The smallest absolute Gasteiger partial charge is 0.338 e. The van der Waals surface area contributed by atoms with Crippen molar-refractivity contribution in [2.75, 3.05) is 12.9 Å². The molecule has 0 aromatic heterocycles. The molecule has 2 aliphatic heterocycles. The molecular weight excluding hydrogens is 420 g/mol. The van der Waals surface area contributed by atoms with Gasteiger partial charge in [0.05, 0.1) is 11.8 Å². The Morgan fingerprint density at radius 2 is 1.83 bits per heavy atom. The summed E-state index contributed by atoms with van der Waals surface area (Å²) in [6, 6.07) is 8.17. The Morgan fingerprint density at radius 1 is 1.17 bits per heavy atom. The predicted molar refractivity (Wildman–Crippen MR) is 101 cm³/mol. The van der Waals surface area contributed by atoms with Crippen LogP contribution in [0.5, 0.6) is 0 Å². The molecule has 0 aliphatic carbocycles. The highest BCUT2D eigenvalue weighted by Crippen LogP contribution is 2.40. The molecule has 3 rings (SSSR count). The minimum Gasteiger partial charge on any atom is -0.459 e. The minimum atomic E-state index is -3.97. The summed E-state index contributed by atoms with van der Waals surface area (Å²) in [5, 5.41) is 0. The Morgan fingerprint density at radius 3 is 2.43 bits per heavy atom. The molecule has 2 fully saturated rings. The molecule has 10 nitrogen and oxygen atoms in total. The highest BCUT2D eigenvalue weighted by Gasteiger charge is 2.59. The van der Waals surface area contributed by atoms with Crippen molar-refractivity contribution in [3.8, 4) is 0 Å². The third-order valence-corrected chi connectivity index (χ3v) is 4.98. The Kier molecular flexibility index (Phi) is 6.48. The topological polar surface area (TPSA) is 124 Å². The first-order chi connectivity index (χ1) is 14.0. The van der Waals surface area contributed by atoms with E-state index in [0.29, 0.717) is 0 Å². The van der Waals surface area contributed by atoms with E-state index in [1.54, 1.807) is 44.2 Å². The Hall–Kier alpha value is -2.05. The van der Waals surface area contributed by atoms with Gasteiger partial charge < -0.3 is 23.7 Å². The van der Waals surface area contributed by atoms with Gasteiger partial charge in [-0.2, -0.15) is 8.42 Å². The van der Waals surface area contributed by atoms with Crippen molar-refractivity contribution in [3.05, 3.63) is 35.9 Å². The second kappa shape index (κ2) is 8.60. The van der Waals surface area contributed by atoms with Gasteiger partial charge in [0.25, 0.3) is 10.1 Å². The second-order valence-electron chi connectivity index (χ2n) is 7.45. The van der Waals surface area contributed by atoms with Gasteiger partial charge in [0, 0.05) is 6.92 Å². The van der Waals surface area contributed by atoms with E-state index in [4.69, 9.17) is 27.9 Å². The molecule has 0 saturated carbocycles. The van der Waals surface area contributed by atoms with Crippen LogP contribution in [-0.2, 0) is 42.8 Å². The molecular formula is C19H24O10S. The van der Waals surface area contributed by atoms with Gasteiger partial charge in [0.1, 0.15) is 18.8 Å². The summed E-state index contributed by atoms with van der Waals surface area (Å²) in [5.74, 6) is -2.28. The maximum Gasteiger partial charge on any atom is 0.338 e. The lowest BCUT2D eigenvalue weighted by Gasteiger charge is -2.29. The quantitative estimate of drug-likeness (QED) is 0.444. The number of hydrogen-bond acceptors (Lipinski definition) is 10. The molecule has 166 valence electrons. The number of carbonyl (C=O) groups excluding carboxylic acids is 2. The average molecular weight is 444 g/mol. The van der Waals surface area contributed by atoms with Gasteiger partial charge in [-0.3, -0.25) is 8.98 Å². The monoisotopic (exact) mass is 444 g/mol. The van der Waals surface area contributed by atoms with Gasteiger partial charge in [-0.1, -0.05) is 18.2 Å². The Bertz CT molecular complexity index is 882. The van der Waals surface area contributed by atoms with Crippen LogP contribution >= 0.6 is 0 Å². The van der Waals surface area contributed by atoms with Gasteiger partial charge >= 0.3 is 11.9 Å². The summed E-state index contributed by atoms with van der Waals surface area (Å²) in [6.07, 6.45) is -4.30. The van der Waals surface area contributed by atoms with Crippen molar-refractivity contribution in [1.82, 2.24) is 0 Å². The van der Waals surface area contributed by atoms with Crippen molar-refractivity contribution < 1.29 is 45.9 Å². The van der Waals surface area contributed by atoms with Crippen molar-refractivity contribution in [2.45, 2.75) is 57.3 Å². The zero-order chi connectivity index (χ0) is 22.1. The molecule has 0 bridgehead atoms. The first kappa shape index (κ1) is 22.6. The van der Waals surface area contributed by atoms with Crippen LogP contribution in [0, 0.1) is 0 Å². The standard InChI is InChI=1S/C19H24O10S/c1-11(20)25-15-14(26-18-16(15)27-19(2,3)28-18)13(29-30(4,22)23)10-24-17(21)12-8-6-5-7-9-12/h5-9,13-16,18H,10H2,1-4H3/t13-,14-,15-,16+,18+/m0/s1. The lowest BCUT2D eigenvalue weighted by molar-refractivity contribution is -0.228. The number of benzene rings is 1. The molecule has 2 saturated heterocycles. The second-order valence-corrected chi connectivity index (χ2v) is 9.05. The van der Waals surface area contributed by atoms with Gasteiger partial charge in [0.2, 0.25) is 0 Å². The van der Waals surface area contributed by atoms with E-state index in [2.05, 4.69) is 0 Å². The summed E-state index contributed by atoms with van der Waals surface area (Å²) in [5.41, 5.74) is 0.282. The summed E-state index contributed by atoms with van der Waals surface area (Å²) in [4.78, 5) is 23.9. The molecule has 0 amide bonds. The fourth-order valence-electron chi connectivity index (χ4n) is 3.35. The Balaban J connectivity index is 1.79. The molecule has 0 spiro atoms. The highest BCUT2D eigenvalue weighted by atomic mass is 32.2. The van der Waals surface area contributed by atoms with E-state index in [1.165, 1.54) is 6.92 Å². The van der Waals surface area contributed by atoms with Crippen molar-refractivity contribution >= 4 is 22.1 Å². The fourth-order valence-corrected chi connectivity index (χ4v) is 3.96. The number of hydrogen-bond donors (Lipinski definition) is 0. The highest BCUT2D eigenvalue weighted by molar-refractivity contribution is 7.86. The van der Waals surface area contributed by atoms with E-state index in [9.17, 15) is 18.0 Å². The van der Waals surface area contributed by atoms with Crippen LogP contribution in [0.25, 0.3) is 0 Å². The van der Waals surface area contributed by atoms with Gasteiger partial charge in [-0.15, -0.1) is 0 Å². The number of esters is 2. The van der Waals surface area contributed by atoms with Gasteiger partial charge in [-0.25, -0.2) is 4.79 Å². The number of rotatable bonds is 7. The summed E-state index contributed by atoms with van der Waals surface area (Å²) < 4.78 is 56.5. The maximum atomic E-state index is 12.3. The van der Waals surface area contributed by atoms with E-state index in [1.807, 2.05) is 0 Å². The van der Waals surface area contributed by atoms with Crippen LogP contribution in [0.2, 0.25) is 0 Å². The van der Waals surface area contributed by atoms with Gasteiger partial charge in [0.15, 0.2) is 24.3 Å². The molecule has 5 atom stereocenters. The van der Waals surface area contributed by atoms with Crippen LogP contribution < -0.4 is 0 Å². The largest absolute Gasteiger partial charge is 0.459 e. The third-order valence-electron chi connectivity index (χ3n) is 4.38. The maximum absolute atomic E-state index is 12.3. The van der Waals surface area contributed by atoms with Crippen LogP contribution in [0.1, 0.15) is 31.1 Å². The van der Waals surface area contributed by atoms with Crippen LogP contribution in [-0.4, -0.2) is 69.7 Å². The summed E-state index contributed by atoms with van der Waals surface area (Å²) >= 11 is 0. The number of fused-ring (bicyclic) bond motifs is 1. The molecule has 0 N–H and O–H groups in total. The molecule has 2 heterocycles. The average Bonchev–Trinajstić information content (AvgIpc) is 3.10. The molecule has 2 aliphatic rings. The zero-order valence-electron chi connectivity index (χ0n) is 17.0. The first-order valence-electron chi connectivity index (χ1n) is 9.24. The van der Waals surface area contributed by atoms with E-state index >= 15 is 0 Å². The van der Waals surface area contributed by atoms with Crippen LogP contribution in [0.4, 0.5) is 0 Å². The van der Waals surface area contributed by atoms with E-state index in [-0.39, 0.29) is 5.56 Å². The van der Waals surface area contributed by atoms with Crippen LogP contribution in [0.15, 0.2) is 30.3 Å². The number of ether oxygens (including phenoxy) is 5. The van der Waals surface area contributed by atoms with Crippen molar-refractivity contribution in [2.24, 2.45) is 0 Å². The van der Waals surface area contributed by atoms with Crippen molar-refractivity contribution in [1.29, 1.82) is 0 Å². The summed E-state index contributed by atoms with van der Waals surface area (Å²) in [6.45, 7) is 4.07. The fraction of sp³-hybridized carbons (Fsp3) is 0.579. The first-order valence-corrected chi connectivity index (χ1v) is 11.1. The molecule has 11 heteroatoms. The molecule has 0 unspecified atom stereocenters. The Labute approximate surface area is 174 Å². The third kappa shape index (κ3) is 5.55. The normalized spacial score (nSPS) is 28.5. The lowest BCUT2D eigenvalue weighted by atomic mass is 10.1. The zero-order valence-corrected chi connectivity index (χ0v) is 17.8. The molecule has 1 aromatic rings. The van der Waals surface area contributed by atoms with Gasteiger partial charge in [-0.05, 0) is 26.0 Å². The van der Waals surface area contributed by atoms with E-state index in [0.717, 1.165) is 6.26 Å². The lowest BCUT2D eigenvalue weighted by Crippen LogP contribution is -2.47.